The molecule has 186 valence electrons. The quantitative estimate of drug-likeness (QED) is 0.294. The van der Waals surface area contributed by atoms with Crippen molar-refractivity contribution in [3.05, 3.63) is 121 Å². The van der Waals surface area contributed by atoms with Gasteiger partial charge in [-0.3, -0.25) is 0 Å². The molecule has 2 unspecified atom stereocenters. The zero-order valence-electron chi connectivity index (χ0n) is 20.1. The Kier molecular flexibility index (Phi) is 5.40. The summed E-state index contributed by atoms with van der Waals surface area (Å²) in [6.45, 7) is 0. The van der Waals surface area contributed by atoms with Gasteiger partial charge in [-0.15, -0.1) is 0 Å². The van der Waals surface area contributed by atoms with Crippen molar-refractivity contribution in [3.8, 4) is 33.8 Å². The van der Waals surface area contributed by atoms with Crippen LogP contribution in [0.1, 0.15) is 0 Å². The summed E-state index contributed by atoms with van der Waals surface area (Å²) in [6.07, 6.45) is 0. The van der Waals surface area contributed by atoms with Crippen molar-refractivity contribution >= 4 is 37.7 Å². The van der Waals surface area contributed by atoms with Crippen molar-refractivity contribution in [3.63, 3.8) is 0 Å². The fraction of sp³-hybridized carbons (Fsp3) is 0. The van der Waals surface area contributed by atoms with Gasteiger partial charge in [-0.25, -0.2) is 10.2 Å². The molecule has 2 atom stereocenters. The van der Waals surface area contributed by atoms with Crippen molar-refractivity contribution in [2.24, 2.45) is 0 Å². The molecule has 38 heavy (non-hydrogen) atoms. The molecule has 0 saturated carbocycles. The molecule has 0 aromatic heterocycles. The topological polar surface area (TPSA) is 88.6 Å². The average molecular weight is 536 g/mol. The smallest absolute Gasteiger partial charge is 0.278 e. The second kappa shape index (κ2) is 8.83. The van der Waals surface area contributed by atoms with E-state index in [0.717, 1.165) is 22.3 Å². The van der Waals surface area contributed by atoms with Crippen LogP contribution in [0.5, 0.6) is 11.5 Å². The Morgan fingerprint density at radius 2 is 0.763 bits per heavy atom. The zero-order valence-corrected chi connectivity index (χ0v) is 21.9. The molecular weight excluding hydrogens is 514 g/mol. The summed E-state index contributed by atoms with van der Waals surface area (Å²) in [5, 5.41) is 7.49. The fourth-order valence-corrected chi connectivity index (χ4v) is 9.00. The highest BCUT2D eigenvalue weighted by atomic mass is 31.2. The summed E-state index contributed by atoms with van der Waals surface area (Å²) in [6, 6.07) is 37.3. The molecule has 8 heteroatoms. The number of para-hydroxylation sites is 4. The van der Waals surface area contributed by atoms with Crippen LogP contribution in [-0.4, -0.2) is 0 Å². The first kappa shape index (κ1) is 23.2. The highest BCUT2D eigenvalue weighted by molar-refractivity contribution is 7.74. The zero-order chi connectivity index (χ0) is 25.7. The summed E-state index contributed by atoms with van der Waals surface area (Å²) in [5.41, 5.74) is 4.45. The van der Waals surface area contributed by atoms with Crippen LogP contribution in [0.3, 0.4) is 0 Å². The largest absolute Gasteiger partial charge is 0.625 e. The standard InChI is InChI=1S/C30H22N2O4P2/c33-37(29-19-9-3-13-23(29)21-11-1-7-17-27(21)35-37)31-25-15-5-6-16-26(25)32-38(34)30-20-10-4-14-24(30)22-12-2-8-18-28(22)36-38/h1-20H,(H,31,33)(H,32,34). The second-order valence-corrected chi connectivity index (χ2v) is 13.1. The van der Waals surface area contributed by atoms with Crippen LogP contribution in [0, 0.1) is 0 Å². The van der Waals surface area contributed by atoms with E-state index in [1.807, 2.05) is 109 Å². The van der Waals surface area contributed by atoms with Gasteiger partial charge in [0.15, 0.2) is 22.1 Å². The van der Waals surface area contributed by atoms with Crippen LogP contribution >= 0.6 is 15.7 Å². The maximum absolute atomic E-state index is 14.4. The number of fused-ring (bicyclic) bond motifs is 6. The van der Waals surface area contributed by atoms with E-state index in [9.17, 15) is 9.79 Å². The Labute approximate surface area is 221 Å². The van der Waals surface area contributed by atoms with Gasteiger partial charge < -0.3 is 18.8 Å². The second-order valence-electron chi connectivity index (χ2n) is 9.08. The fourth-order valence-electron chi connectivity index (χ4n) is 4.99. The molecule has 7 rings (SSSR count). The van der Waals surface area contributed by atoms with Gasteiger partial charge in [0, 0.05) is 22.3 Å². The van der Waals surface area contributed by atoms with Gasteiger partial charge in [0.25, 0.3) is 15.7 Å². The Morgan fingerprint density at radius 3 is 1.21 bits per heavy atom. The Morgan fingerprint density at radius 1 is 0.421 bits per heavy atom. The van der Waals surface area contributed by atoms with E-state index in [-0.39, 0.29) is 0 Å². The molecule has 2 N–H and O–H groups in total. The number of benzene rings is 5. The van der Waals surface area contributed by atoms with Gasteiger partial charge in [0.05, 0.1) is 0 Å². The minimum absolute atomic E-state index is 0.486. The van der Waals surface area contributed by atoms with Gasteiger partial charge in [0.2, 0.25) is 0 Å². The van der Waals surface area contributed by atoms with Crippen LogP contribution in [0.15, 0.2) is 121 Å². The summed E-state index contributed by atoms with van der Waals surface area (Å²) in [7, 11) is -7.20. The molecule has 0 amide bonds. The van der Waals surface area contributed by atoms with E-state index < -0.39 is 15.7 Å². The van der Waals surface area contributed by atoms with E-state index in [2.05, 4.69) is 10.2 Å². The highest BCUT2D eigenvalue weighted by Crippen LogP contribution is 2.60. The molecule has 0 bridgehead atoms. The number of hydrogen-bond donors (Lipinski definition) is 2. The van der Waals surface area contributed by atoms with E-state index in [1.54, 1.807) is 12.1 Å². The van der Waals surface area contributed by atoms with E-state index in [0.29, 0.717) is 33.5 Å². The third kappa shape index (κ3) is 3.74. The molecule has 0 radical (unpaired) electrons. The predicted molar refractivity (Wildman–Crippen MR) is 152 cm³/mol. The Hall–Kier alpha value is -3.92. The van der Waals surface area contributed by atoms with E-state index in [1.165, 1.54) is 0 Å². The van der Waals surface area contributed by atoms with Crippen LogP contribution in [0.2, 0.25) is 0 Å². The van der Waals surface area contributed by atoms with Gasteiger partial charge >= 0.3 is 0 Å². The van der Waals surface area contributed by atoms with Gasteiger partial charge in [0.1, 0.15) is 11.4 Å². The predicted octanol–water partition coefficient (Wildman–Crippen LogP) is 5.53. The molecule has 0 fully saturated rings. The third-order valence-electron chi connectivity index (χ3n) is 6.71. The maximum Gasteiger partial charge on any atom is 0.278 e. The molecule has 2 heterocycles. The van der Waals surface area contributed by atoms with E-state index in [4.69, 9.17) is 9.05 Å². The Balaban J connectivity index is 1.28. The van der Waals surface area contributed by atoms with Crippen molar-refractivity contribution in [2.45, 2.75) is 0 Å². The van der Waals surface area contributed by atoms with E-state index >= 15 is 0 Å². The van der Waals surface area contributed by atoms with Crippen molar-refractivity contribution in [1.82, 2.24) is 0 Å². The summed E-state index contributed by atoms with van der Waals surface area (Å²) >= 11 is 0. The molecule has 0 spiro atoms. The minimum Gasteiger partial charge on any atom is -0.625 e. The molecule has 2 aliphatic rings. The molecule has 5 aromatic rings. The molecule has 0 saturated heterocycles. The first-order chi connectivity index (χ1) is 18.5. The number of hydrogen-bond acceptors (Lipinski definition) is 6. The minimum atomic E-state index is -3.60. The van der Waals surface area contributed by atoms with Crippen LogP contribution in [0.25, 0.3) is 22.3 Å². The number of anilines is 2. The molecular formula is C30H22N2O4P2. The van der Waals surface area contributed by atoms with Gasteiger partial charge in [-0.2, -0.15) is 0 Å². The lowest BCUT2D eigenvalue weighted by Gasteiger charge is -2.37. The molecule has 2 aliphatic heterocycles. The SMILES string of the molecule is [O-][P+]1(Nc2ccccc2N[P+]2([O-])Oc3ccccc3-c3ccccc32)Oc2ccccc2-c2ccccc21. The Bertz CT molecular complexity index is 1570. The van der Waals surface area contributed by atoms with Crippen LogP contribution in [-0.2, 0) is 0 Å². The number of nitrogens with one attached hydrogen (secondary N) is 2. The highest BCUT2D eigenvalue weighted by Gasteiger charge is 2.44. The van der Waals surface area contributed by atoms with Crippen LogP contribution in [0.4, 0.5) is 11.4 Å². The first-order valence-electron chi connectivity index (χ1n) is 12.2. The van der Waals surface area contributed by atoms with Crippen molar-refractivity contribution < 1.29 is 18.8 Å². The number of rotatable bonds is 4. The molecule has 6 nitrogen and oxygen atoms in total. The monoisotopic (exact) mass is 536 g/mol. The summed E-state index contributed by atoms with van der Waals surface area (Å²) < 4.78 is 12.3. The van der Waals surface area contributed by atoms with Gasteiger partial charge in [-0.05, 0) is 36.4 Å². The lowest BCUT2D eigenvalue weighted by Crippen LogP contribution is -2.37. The first-order valence-corrected chi connectivity index (χ1v) is 15.4. The van der Waals surface area contributed by atoms with Crippen molar-refractivity contribution in [1.29, 1.82) is 0 Å². The molecule has 0 aliphatic carbocycles. The maximum atomic E-state index is 14.4. The summed E-state index contributed by atoms with van der Waals surface area (Å²) in [4.78, 5) is 28.8. The third-order valence-corrected chi connectivity index (χ3v) is 10.7. The van der Waals surface area contributed by atoms with Gasteiger partial charge in [-0.1, -0.05) is 84.9 Å². The normalized spacial score (nSPS) is 20.5. The lowest BCUT2D eigenvalue weighted by atomic mass is 10.0. The summed E-state index contributed by atoms with van der Waals surface area (Å²) in [5.74, 6) is 1.09. The average Bonchev–Trinajstić information content (AvgIpc) is 2.94. The van der Waals surface area contributed by atoms with Crippen molar-refractivity contribution in [2.75, 3.05) is 10.2 Å². The lowest BCUT2D eigenvalue weighted by molar-refractivity contribution is -0.180. The molecule has 5 aromatic carbocycles. The van der Waals surface area contributed by atoms with Crippen LogP contribution < -0.4 is 39.6 Å².